The molecule has 2 aromatic rings. The van der Waals surface area contributed by atoms with Crippen molar-refractivity contribution in [2.45, 2.75) is 25.6 Å². The molecule has 1 heterocycles. The SMILES string of the molecule is C[C@H](NC(=O)C[NH+](C)Cc1ccc(Cl)cc1)[C@@H](c1ccccc1)[NH+]1CCOCC1. The molecule has 3 atom stereocenters. The Balaban J connectivity index is 1.59. The van der Waals surface area contributed by atoms with E-state index in [-0.39, 0.29) is 18.0 Å². The first kappa shape index (κ1) is 21.8. The molecule has 29 heavy (non-hydrogen) atoms. The van der Waals surface area contributed by atoms with Crippen molar-refractivity contribution in [3.63, 3.8) is 0 Å². The van der Waals surface area contributed by atoms with Crippen molar-refractivity contribution in [3.05, 3.63) is 70.7 Å². The average Bonchev–Trinajstić information content (AvgIpc) is 2.71. The van der Waals surface area contributed by atoms with Gasteiger partial charge in [0.1, 0.15) is 25.7 Å². The molecule has 1 aliphatic heterocycles. The van der Waals surface area contributed by atoms with Crippen LogP contribution in [0.25, 0.3) is 0 Å². The van der Waals surface area contributed by atoms with Crippen LogP contribution in [0.3, 0.4) is 0 Å². The number of likely N-dealkylation sites (N-methyl/N-ethyl adjacent to an activating group) is 1. The third-order valence-electron chi connectivity index (χ3n) is 5.50. The number of amides is 1. The van der Waals surface area contributed by atoms with Crippen LogP contribution in [0.5, 0.6) is 0 Å². The highest BCUT2D eigenvalue weighted by molar-refractivity contribution is 6.30. The fraction of sp³-hybridized carbons (Fsp3) is 0.435. The molecule has 1 amide bonds. The van der Waals surface area contributed by atoms with Crippen LogP contribution < -0.4 is 15.1 Å². The molecule has 0 bridgehead atoms. The van der Waals surface area contributed by atoms with Crippen LogP contribution in [0.15, 0.2) is 54.6 Å². The number of halogens is 1. The molecule has 5 nitrogen and oxygen atoms in total. The Labute approximate surface area is 178 Å². The Morgan fingerprint density at radius 1 is 1.14 bits per heavy atom. The molecule has 1 saturated heterocycles. The van der Waals surface area contributed by atoms with Gasteiger partial charge in [-0.3, -0.25) is 4.79 Å². The van der Waals surface area contributed by atoms with E-state index in [0.29, 0.717) is 6.54 Å². The maximum Gasteiger partial charge on any atom is 0.275 e. The molecule has 0 aromatic heterocycles. The van der Waals surface area contributed by atoms with E-state index in [0.717, 1.165) is 42.8 Å². The van der Waals surface area contributed by atoms with E-state index < -0.39 is 0 Å². The van der Waals surface area contributed by atoms with Crippen molar-refractivity contribution in [1.82, 2.24) is 5.32 Å². The summed E-state index contributed by atoms with van der Waals surface area (Å²) in [6.07, 6.45) is 0. The molecule has 3 N–H and O–H groups in total. The fourth-order valence-corrected chi connectivity index (χ4v) is 4.28. The molecule has 0 radical (unpaired) electrons. The van der Waals surface area contributed by atoms with Crippen LogP contribution in [-0.2, 0) is 16.1 Å². The maximum atomic E-state index is 12.7. The van der Waals surface area contributed by atoms with Gasteiger partial charge in [0.25, 0.3) is 5.91 Å². The van der Waals surface area contributed by atoms with Crippen LogP contribution in [0.1, 0.15) is 24.1 Å². The minimum absolute atomic E-state index is 0.0429. The quantitative estimate of drug-likeness (QED) is 0.586. The van der Waals surface area contributed by atoms with Crippen molar-refractivity contribution in [1.29, 1.82) is 0 Å². The summed E-state index contributed by atoms with van der Waals surface area (Å²) in [7, 11) is 2.04. The number of hydrogen-bond donors (Lipinski definition) is 3. The largest absolute Gasteiger partial charge is 0.370 e. The standard InChI is InChI=1S/C23H30ClN3O2/c1-18(23(20-6-4-3-5-7-20)27-12-14-29-15-13-27)25-22(28)17-26(2)16-19-8-10-21(24)11-9-19/h3-11,18,23H,12-17H2,1-2H3,(H,25,28)/p+2/t18-,23-/m0/s1. The number of nitrogens with one attached hydrogen (secondary N) is 3. The number of carbonyl (C=O) groups excluding carboxylic acids is 1. The Morgan fingerprint density at radius 2 is 1.79 bits per heavy atom. The first-order chi connectivity index (χ1) is 14.0. The zero-order chi connectivity index (χ0) is 20.6. The molecular weight excluding hydrogens is 386 g/mol. The third-order valence-corrected chi connectivity index (χ3v) is 5.76. The monoisotopic (exact) mass is 417 g/mol. The van der Waals surface area contributed by atoms with Gasteiger partial charge in [-0.25, -0.2) is 0 Å². The second kappa shape index (κ2) is 10.7. The Morgan fingerprint density at radius 3 is 2.45 bits per heavy atom. The summed E-state index contributed by atoms with van der Waals surface area (Å²) in [6.45, 7) is 6.80. The van der Waals surface area contributed by atoms with E-state index in [4.69, 9.17) is 16.3 Å². The number of quaternary nitrogens is 2. The van der Waals surface area contributed by atoms with Gasteiger partial charge < -0.3 is 19.9 Å². The smallest absolute Gasteiger partial charge is 0.275 e. The molecular formula is C23H32ClN3O2+2. The fourth-order valence-electron chi connectivity index (χ4n) is 4.16. The molecule has 1 fully saturated rings. The normalized spacial score (nSPS) is 18.0. The number of carbonyl (C=O) groups is 1. The lowest BCUT2D eigenvalue weighted by Crippen LogP contribution is -3.15. The number of hydrogen-bond acceptors (Lipinski definition) is 2. The van der Waals surface area contributed by atoms with Gasteiger partial charge in [0.05, 0.1) is 26.3 Å². The predicted molar refractivity (Wildman–Crippen MR) is 115 cm³/mol. The van der Waals surface area contributed by atoms with Crippen LogP contribution in [0.2, 0.25) is 5.02 Å². The van der Waals surface area contributed by atoms with Gasteiger partial charge in [0.15, 0.2) is 6.54 Å². The minimum Gasteiger partial charge on any atom is -0.370 e. The van der Waals surface area contributed by atoms with Gasteiger partial charge in [-0.15, -0.1) is 0 Å². The van der Waals surface area contributed by atoms with Crippen LogP contribution >= 0.6 is 11.6 Å². The van der Waals surface area contributed by atoms with E-state index in [1.54, 1.807) is 0 Å². The van der Waals surface area contributed by atoms with Gasteiger partial charge in [-0.05, 0) is 19.1 Å². The lowest BCUT2D eigenvalue weighted by Gasteiger charge is -2.35. The van der Waals surface area contributed by atoms with Gasteiger partial charge in [-0.1, -0.05) is 54.1 Å². The molecule has 6 heteroatoms. The van der Waals surface area contributed by atoms with Gasteiger partial charge in [0.2, 0.25) is 0 Å². The van der Waals surface area contributed by atoms with Crippen molar-refractivity contribution >= 4 is 17.5 Å². The first-order valence-electron chi connectivity index (χ1n) is 10.4. The Kier molecular flexibility index (Phi) is 8.07. The molecule has 0 saturated carbocycles. The van der Waals surface area contributed by atoms with Crippen LogP contribution in [0.4, 0.5) is 0 Å². The minimum atomic E-state index is 0.0429. The van der Waals surface area contributed by atoms with E-state index in [9.17, 15) is 4.79 Å². The zero-order valence-corrected chi connectivity index (χ0v) is 18.0. The molecule has 156 valence electrons. The topological polar surface area (TPSA) is 47.2 Å². The summed E-state index contributed by atoms with van der Waals surface area (Å²) >= 11 is 5.95. The summed E-state index contributed by atoms with van der Waals surface area (Å²) in [4.78, 5) is 15.4. The highest BCUT2D eigenvalue weighted by Gasteiger charge is 2.32. The van der Waals surface area contributed by atoms with Crippen molar-refractivity contribution in [2.75, 3.05) is 39.9 Å². The molecule has 1 unspecified atom stereocenters. The van der Waals surface area contributed by atoms with Gasteiger partial charge >= 0.3 is 0 Å². The molecule has 0 aliphatic carbocycles. The molecule has 0 spiro atoms. The van der Waals surface area contributed by atoms with E-state index in [1.165, 1.54) is 16.0 Å². The van der Waals surface area contributed by atoms with Crippen molar-refractivity contribution in [2.24, 2.45) is 0 Å². The average molecular weight is 418 g/mol. The third kappa shape index (κ3) is 6.54. The first-order valence-corrected chi connectivity index (χ1v) is 10.7. The maximum absolute atomic E-state index is 12.7. The number of morpholine rings is 1. The van der Waals surface area contributed by atoms with Crippen molar-refractivity contribution in [3.8, 4) is 0 Å². The lowest BCUT2D eigenvalue weighted by atomic mass is 9.98. The second-order valence-electron chi connectivity index (χ2n) is 7.95. The van der Waals surface area contributed by atoms with Gasteiger partial charge in [0, 0.05) is 16.1 Å². The van der Waals surface area contributed by atoms with Gasteiger partial charge in [-0.2, -0.15) is 0 Å². The highest BCUT2D eigenvalue weighted by Crippen LogP contribution is 2.14. The zero-order valence-electron chi connectivity index (χ0n) is 17.3. The second-order valence-corrected chi connectivity index (χ2v) is 8.39. The summed E-state index contributed by atoms with van der Waals surface area (Å²) in [5, 5.41) is 3.99. The molecule has 2 aromatic carbocycles. The van der Waals surface area contributed by atoms with Crippen molar-refractivity contribution < 1.29 is 19.3 Å². The van der Waals surface area contributed by atoms with E-state index in [1.807, 2.05) is 37.4 Å². The number of rotatable bonds is 8. The molecule has 3 rings (SSSR count). The summed E-state index contributed by atoms with van der Waals surface area (Å²) in [6, 6.07) is 18.6. The highest BCUT2D eigenvalue weighted by atomic mass is 35.5. The van der Waals surface area contributed by atoms with E-state index in [2.05, 4.69) is 36.5 Å². The lowest BCUT2D eigenvalue weighted by molar-refractivity contribution is -0.940. The Bertz CT molecular complexity index is 763. The number of ether oxygens (including phenoxy) is 1. The van der Waals surface area contributed by atoms with Crippen LogP contribution in [0, 0.1) is 0 Å². The summed E-state index contributed by atoms with van der Waals surface area (Å²) < 4.78 is 5.54. The van der Waals surface area contributed by atoms with E-state index >= 15 is 0 Å². The summed E-state index contributed by atoms with van der Waals surface area (Å²) in [5.74, 6) is 0.0811. The number of benzene rings is 2. The summed E-state index contributed by atoms with van der Waals surface area (Å²) in [5.41, 5.74) is 2.44. The predicted octanol–water partition coefficient (Wildman–Crippen LogP) is 0.516. The molecule has 1 aliphatic rings. The van der Waals surface area contributed by atoms with Crippen LogP contribution in [-0.4, -0.2) is 51.8 Å². The Hall–Kier alpha value is -1.92.